The van der Waals surface area contributed by atoms with Crippen molar-refractivity contribution in [3.63, 3.8) is 0 Å². The van der Waals surface area contributed by atoms with Gasteiger partial charge in [0, 0.05) is 26.7 Å². The van der Waals surface area contributed by atoms with E-state index in [4.69, 9.17) is 9.47 Å². The van der Waals surface area contributed by atoms with Crippen molar-refractivity contribution >= 4 is 11.9 Å². The first-order chi connectivity index (χ1) is 13.4. The van der Waals surface area contributed by atoms with Gasteiger partial charge in [-0.15, -0.1) is 0 Å². The molecule has 1 N–H and O–H groups in total. The Kier molecular flexibility index (Phi) is 9.84. The fourth-order valence-electron chi connectivity index (χ4n) is 3.65. The number of aliphatic hydroxyl groups is 1. The lowest BCUT2D eigenvalue weighted by atomic mass is 9.86. The van der Waals surface area contributed by atoms with Crippen molar-refractivity contribution in [3.05, 3.63) is 35.5 Å². The van der Waals surface area contributed by atoms with Gasteiger partial charge >= 0.3 is 11.9 Å². The average Bonchev–Trinajstić information content (AvgIpc) is 2.51. The number of carbonyl (C=O) groups excluding carboxylic acids is 2. The van der Waals surface area contributed by atoms with E-state index in [1.54, 1.807) is 6.92 Å². The molecule has 0 radical (unpaired) electrons. The summed E-state index contributed by atoms with van der Waals surface area (Å²) < 4.78 is 10.9. The summed E-state index contributed by atoms with van der Waals surface area (Å²) in [7, 11) is 0. The molecule has 0 unspecified atom stereocenters. The number of carbonyl (C=O) groups is 2. The molecule has 4 atom stereocenters. The van der Waals surface area contributed by atoms with Crippen LogP contribution in [0.2, 0.25) is 0 Å². The fourth-order valence-corrected chi connectivity index (χ4v) is 3.65. The zero-order chi connectivity index (χ0) is 22.2. The summed E-state index contributed by atoms with van der Waals surface area (Å²) in [5.74, 6) is 0.0190. The highest BCUT2D eigenvalue weighted by Gasteiger charge is 2.25. The van der Waals surface area contributed by atoms with Gasteiger partial charge in [-0.05, 0) is 57.6 Å². The molecule has 0 aromatic heterocycles. The van der Waals surface area contributed by atoms with Crippen LogP contribution in [-0.4, -0.2) is 34.9 Å². The van der Waals surface area contributed by atoms with E-state index in [2.05, 4.69) is 26.8 Å². The Balaban J connectivity index is 3.30. The lowest BCUT2D eigenvalue weighted by molar-refractivity contribution is -0.146. The minimum absolute atomic E-state index is 0.262. The van der Waals surface area contributed by atoms with Crippen molar-refractivity contribution in [1.82, 2.24) is 0 Å². The van der Waals surface area contributed by atoms with Crippen LogP contribution in [0.4, 0.5) is 0 Å². The molecule has 0 amide bonds. The molecule has 5 heteroatoms. The Labute approximate surface area is 175 Å². The number of hydrogen-bond donors (Lipinski definition) is 1. The van der Waals surface area contributed by atoms with Crippen molar-refractivity contribution in [1.29, 1.82) is 0 Å². The molecular weight excluding hydrogens is 368 g/mol. The summed E-state index contributed by atoms with van der Waals surface area (Å²) in [6, 6.07) is 0. The third-order valence-electron chi connectivity index (χ3n) is 5.14. The predicted octanol–water partition coefficient (Wildman–Crippen LogP) is 4.90. The molecule has 0 saturated heterocycles. The van der Waals surface area contributed by atoms with Gasteiger partial charge in [-0.2, -0.15) is 0 Å². The van der Waals surface area contributed by atoms with Crippen molar-refractivity contribution in [2.45, 2.75) is 92.0 Å². The quantitative estimate of drug-likeness (QED) is 0.533. The van der Waals surface area contributed by atoms with E-state index in [9.17, 15) is 14.7 Å². The first-order valence-electron chi connectivity index (χ1n) is 10.5. The number of allylic oxidation sites excluding steroid dienone is 2. The van der Waals surface area contributed by atoms with Crippen LogP contribution < -0.4 is 0 Å². The normalized spacial score (nSPS) is 34.2. The summed E-state index contributed by atoms with van der Waals surface area (Å²) in [6.07, 6.45) is 9.47. The minimum Gasteiger partial charge on any atom is -0.458 e. The summed E-state index contributed by atoms with van der Waals surface area (Å²) in [5.41, 5.74) is 1.00. The van der Waals surface area contributed by atoms with Gasteiger partial charge in [-0.1, -0.05) is 37.1 Å². The second-order valence-corrected chi connectivity index (χ2v) is 8.89. The Morgan fingerprint density at radius 3 is 2.17 bits per heavy atom. The van der Waals surface area contributed by atoms with E-state index in [1.165, 1.54) is 19.4 Å². The van der Waals surface area contributed by atoms with Crippen LogP contribution in [0.5, 0.6) is 0 Å². The van der Waals surface area contributed by atoms with Crippen molar-refractivity contribution in [2.75, 3.05) is 0 Å². The molecule has 0 aromatic carbocycles. The van der Waals surface area contributed by atoms with E-state index in [0.29, 0.717) is 18.3 Å². The molecule has 0 aliphatic heterocycles. The average molecular weight is 407 g/mol. The maximum atomic E-state index is 11.6. The third-order valence-corrected chi connectivity index (χ3v) is 5.14. The molecule has 164 valence electrons. The van der Waals surface area contributed by atoms with Crippen molar-refractivity contribution < 1.29 is 24.2 Å². The van der Waals surface area contributed by atoms with Gasteiger partial charge in [0.15, 0.2) is 0 Å². The molecule has 0 spiro atoms. The van der Waals surface area contributed by atoms with Gasteiger partial charge in [-0.3, -0.25) is 9.59 Å². The lowest BCUT2D eigenvalue weighted by Crippen LogP contribution is -2.30. The standard InChI is InChI=1S/C24H38O5/c1-16(2)21-9-8-17(3)12-22(28-19(5)25)13-18(4)14-23(29-20(6)26)15-24(7,27)11-10-21/h10-12,14,16,21-23,27H,8-9,13,15H2,1-7H3/b11-10+,17-12+,18-14+/t21-,22+,23+,24-/m1/s1. The largest absolute Gasteiger partial charge is 0.458 e. The first-order valence-corrected chi connectivity index (χ1v) is 10.5. The van der Waals surface area contributed by atoms with Crippen LogP contribution in [0.3, 0.4) is 0 Å². The maximum Gasteiger partial charge on any atom is 0.303 e. The highest BCUT2D eigenvalue weighted by atomic mass is 16.5. The van der Waals surface area contributed by atoms with Crippen LogP contribution in [0.15, 0.2) is 35.5 Å². The highest BCUT2D eigenvalue weighted by molar-refractivity contribution is 5.66. The highest BCUT2D eigenvalue weighted by Crippen LogP contribution is 2.26. The smallest absolute Gasteiger partial charge is 0.303 e. The summed E-state index contributed by atoms with van der Waals surface area (Å²) in [4.78, 5) is 23.1. The number of rotatable bonds is 3. The first kappa shape index (κ1) is 25.2. The third kappa shape index (κ3) is 10.5. The van der Waals surface area contributed by atoms with E-state index < -0.39 is 17.7 Å². The number of esters is 2. The molecule has 0 saturated carbocycles. The van der Waals surface area contributed by atoms with E-state index in [0.717, 1.165) is 18.4 Å². The molecule has 1 rings (SSSR count). The number of ether oxygens (including phenoxy) is 2. The zero-order valence-corrected chi connectivity index (χ0v) is 19.0. The SMILES string of the molecule is CC(=O)O[C@H]1/C=C(\C)CC[C@@H](C(C)C)/C=C/[C@@](C)(O)C[C@@H](OC(C)=O)/C=C(\C)C1. The minimum atomic E-state index is -1.10. The molecule has 5 nitrogen and oxygen atoms in total. The van der Waals surface area contributed by atoms with Crippen LogP contribution in [0, 0.1) is 11.8 Å². The van der Waals surface area contributed by atoms with Gasteiger partial charge in [0.1, 0.15) is 12.2 Å². The van der Waals surface area contributed by atoms with Crippen LogP contribution in [0.1, 0.15) is 74.1 Å². The topological polar surface area (TPSA) is 72.8 Å². The molecule has 0 fully saturated rings. The van der Waals surface area contributed by atoms with Crippen LogP contribution in [0.25, 0.3) is 0 Å². The van der Waals surface area contributed by atoms with Crippen LogP contribution >= 0.6 is 0 Å². The Morgan fingerprint density at radius 1 is 1.07 bits per heavy atom. The Hall–Kier alpha value is -1.88. The van der Waals surface area contributed by atoms with E-state index >= 15 is 0 Å². The maximum absolute atomic E-state index is 11.6. The molecule has 0 bridgehead atoms. The van der Waals surface area contributed by atoms with E-state index in [-0.39, 0.29) is 18.5 Å². The van der Waals surface area contributed by atoms with Crippen molar-refractivity contribution in [3.8, 4) is 0 Å². The van der Waals surface area contributed by atoms with Gasteiger partial charge < -0.3 is 14.6 Å². The second kappa shape index (κ2) is 11.3. The molecular formula is C24H38O5. The fraction of sp³-hybridized carbons (Fsp3) is 0.667. The van der Waals surface area contributed by atoms with Gasteiger partial charge in [0.25, 0.3) is 0 Å². The Bertz CT molecular complexity index is 654. The second-order valence-electron chi connectivity index (χ2n) is 8.89. The summed E-state index contributed by atoms with van der Waals surface area (Å²) in [6.45, 7) is 12.8. The zero-order valence-electron chi connectivity index (χ0n) is 19.0. The Morgan fingerprint density at radius 2 is 1.62 bits per heavy atom. The molecule has 29 heavy (non-hydrogen) atoms. The predicted molar refractivity (Wildman–Crippen MR) is 115 cm³/mol. The summed E-state index contributed by atoms with van der Waals surface area (Å²) >= 11 is 0. The monoisotopic (exact) mass is 406 g/mol. The van der Waals surface area contributed by atoms with Gasteiger partial charge in [0.2, 0.25) is 0 Å². The number of hydrogen-bond acceptors (Lipinski definition) is 5. The van der Waals surface area contributed by atoms with Crippen LogP contribution in [-0.2, 0) is 19.1 Å². The van der Waals surface area contributed by atoms with Gasteiger partial charge in [0.05, 0.1) is 5.60 Å². The van der Waals surface area contributed by atoms with Crippen molar-refractivity contribution in [2.24, 2.45) is 11.8 Å². The molecule has 0 aromatic rings. The van der Waals surface area contributed by atoms with E-state index in [1.807, 2.05) is 25.2 Å². The lowest BCUT2D eigenvalue weighted by Gasteiger charge is -2.26. The molecule has 1 aliphatic rings. The molecule has 1 aliphatic carbocycles. The summed E-state index contributed by atoms with van der Waals surface area (Å²) in [5, 5.41) is 10.9. The van der Waals surface area contributed by atoms with Gasteiger partial charge in [-0.25, -0.2) is 0 Å². The molecule has 0 heterocycles.